The fourth-order valence-electron chi connectivity index (χ4n) is 3.83. The number of rotatable bonds is 10. The van der Waals surface area contributed by atoms with Crippen LogP contribution in [0.15, 0.2) is 40.8 Å². The highest BCUT2D eigenvalue weighted by atomic mass is 32.1. The number of benzene rings is 1. The fraction of sp³-hybridized carbons (Fsp3) is 0.360. The number of thiophene rings is 1. The molecule has 2 aromatic heterocycles. The number of hydrogen-bond donors (Lipinski definition) is 2. The standard InChI is InChI=1S/C25H27FN2O5S/c1-31-14-4-13-27-24(30)22-19-5-2-3-6-21(19)34-25(22)28-23(29)20-12-11-18(33-20)15-32-17-9-7-16(26)8-10-17/h7-12H,2-6,13-15H2,1H3,(H,27,30)(H,28,29). The number of anilines is 1. The van der Waals surface area contributed by atoms with Crippen molar-refractivity contribution in [1.29, 1.82) is 0 Å². The molecule has 3 aromatic rings. The van der Waals surface area contributed by atoms with Gasteiger partial charge in [0.1, 0.15) is 28.9 Å². The maximum absolute atomic E-state index is 13.0. The van der Waals surface area contributed by atoms with Crippen LogP contribution < -0.4 is 15.4 Å². The summed E-state index contributed by atoms with van der Waals surface area (Å²) in [6.07, 6.45) is 4.55. The van der Waals surface area contributed by atoms with Crippen LogP contribution in [-0.4, -0.2) is 32.1 Å². The normalized spacial score (nSPS) is 12.8. The number of methoxy groups -OCH3 is 1. The first-order chi connectivity index (χ1) is 16.5. The minimum Gasteiger partial charge on any atom is -0.486 e. The Kier molecular flexibility index (Phi) is 7.97. The molecule has 0 saturated carbocycles. The number of aryl methyl sites for hydroxylation is 1. The summed E-state index contributed by atoms with van der Waals surface area (Å²) < 4.78 is 29.3. The molecular formula is C25H27FN2O5S. The zero-order valence-electron chi connectivity index (χ0n) is 18.9. The van der Waals surface area contributed by atoms with E-state index in [-0.39, 0.29) is 24.1 Å². The van der Waals surface area contributed by atoms with Gasteiger partial charge in [-0.25, -0.2) is 4.39 Å². The number of fused-ring (bicyclic) bond motifs is 1. The van der Waals surface area contributed by atoms with E-state index in [1.165, 1.54) is 35.6 Å². The molecule has 0 fully saturated rings. The molecule has 9 heteroatoms. The lowest BCUT2D eigenvalue weighted by atomic mass is 9.95. The largest absolute Gasteiger partial charge is 0.486 e. The maximum atomic E-state index is 13.0. The van der Waals surface area contributed by atoms with Crippen molar-refractivity contribution >= 4 is 28.2 Å². The molecule has 0 radical (unpaired) electrons. The predicted octanol–water partition coefficient (Wildman–Crippen LogP) is 4.96. The summed E-state index contributed by atoms with van der Waals surface area (Å²) >= 11 is 1.46. The molecule has 0 unspecified atom stereocenters. The maximum Gasteiger partial charge on any atom is 0.291 e. The molecule has 1 aliphatic carbocycles. The second-order valence-electron chi connectivity index (χ2n) is 7.98. The lowest BCUT2D eigenvalue weighted by molar-refractivity contribution is 0.0948. The lowest BCUT2D eigenvalue weighted by Crippen LogP contribution is -2.27. The van der Waals surface area contributed by atoms with Crippen LogP contribution in [0.2, 0.25) is 0 Å². The average molecular weight is 487 g/mol. The Balaban J connectivity index is 1.43. The first kappa shape index (κ1) is 24.0. The molecule has 2 N–H and O–H groups in total. The third-order valence-electron chi connectivity index (χ3n) is 5.52. The quantitative estimate of drug-likeness (QED) is 0.396. The van der Waals surface area contributed by atoms with E-state index in [1.54, 1.807) is 19.2 Å². The summed E-state index contributed by atoms with van der Waals surface area (Å²) in [7, 11) is 1.62. The Morgan fingerprint density at radius 3 is 2.68 bits per heavy atom. The van der Waals surface area contributed by atoms with E-state index in [0.717, 1.165) is 36.1 Å². The van der Waals surface area contributed by atoms with Gasteiger partial charge >= 0.3 is 0 Å². The van der Waals surface area contributed by atoms with Crippen LogP contribution in [0.3, 0.4) is 0 Å². The van der Waals surface area contributed by atoms with Crippen LogP contribution in [0, 0.1) is 5.82 Å². The number of hydrogen-bond acceptors (Lipinski definition) is 6. The number of nitrogens with one attached hydrogen (secondary N) is 2. The van der Waals surface area contributed by atoms with Crippen LogP contribution in [0.1, 0.15) is 56.4 Å². The van der Waals surface area contributed by atoms with E-state index >= 15 is 0 Å². The van der Waals surface area contributed by atoms with E-state index in [2.05, 4.69) is 10.6 Å². The molecule has 2 amide bonds. The van der Waals surface area contributed by atoms with Gasteiger partial charge in [0.15, 0.2) is 5.76 Å². The second kappa shape index (κ2) is 11.3. The summed E-state index contributed by atoms with van der Waals surface area (Å²) in [5.41, 5.74) is 1.58. The highest BCUT2D eigenvalue weighted by molar-refractivity contribution is 7.17. The molecule has 4 rings (SSSR count). The van der Waals surface area contributed by atoms with Gasteiger partial charge in [0, 0.05) is 25.1 Å². The van der Waals surface area contributed by atoms with Crippen LogP contribution >= 0.6 is 11.3 Å². The van der Waals surface area contributed by atoms with Crippen molar-refractivity contribution in [2.75, 3.05) is 25.6 Å². The Bertz CT molecular complexity index is 1140. The molecule has 0 atom stereocenters. The molecule has 180 valence electrons. The molecule has 0 bridgehead atoms. The van der Waals surface area contributed by atoms with E-state index in [9.17, 15) is 14.0 Å². The molecule has 1 aromatic carbocycles. The Morgan fingerprint density at radius 2 is 1.88 bits per heavy atom. The Morgan fingerprint density at radius 1 is 1.09 bits per heavy atom. The molecule has 0 aliphatic heterocycles. The molecule has 0 spiro atoms. The molecule has 2 heterocycles. The molecule has 0 saturated heterocycles. The average Bonchev–Trinajstić information content (AvgIpc) is 3.46. The van der Waals surface area contributed by atoms with Gasteiger partial charge in [-0.1, -0.05) is 0 Å². The van der Waals surface area contributed by atoms with Gasteiger partial charge < -0.3 is 24.5 Å². The van der Waals surface area contributed by atoms with Crippen molar-refractivity contribution in [3.8, 4) is 5.75 Å². The Hall–Kier alpha value is -3.17. The van der Waals surface area contributed by atoms with E-state index < -0.39 is 5.91 Å². The topological polar surface area (TPSA) is 89.8 Å². The van der Waals surface area contributed by atoms with Crippen LogP contribution in [0.25, 0.3) is 0 Å². The highest BCUT2D eigenvalue weighted by Gasteiger charge is 2.27. The highest BCUT2D eigenvalue weighted by Crippen LogP contribution is 2.38. The first-order valence-corrected chi connectivity index (χ1v) is 12.1. The zero-order valence-corrected chi connectivity index (χ0v) is 19.8. The van der Waals surface area contributed by atoms with Crippen molar-refractivity contribution in [2.24, 2.45) is 0 Å². The van der Waals surface area contributed by atoms with E-state index in [4.69, 9.17) is 13.9 Å². The summed E-state index contributed by atoms with van der Waals surface area (Å²) in [6.45, 7) is 1.17. The summed E-state index contributed by atoms with van der Waals surface area (Å²) in [5, 5.41) is 6.36. The van der Waals surface area contributed by atoms with Gasteiger partial charge in [-0.05, 0) is 74.1 Å². The number of carbonyl (C=O) groups excluding carboxylic acids is 2. The SMILES string of the molecule is COCCCNC(=O)c1c(NC(=O)c2ccc(COc3ccc(F)cc3)o2)sc2c1CCCC2. The number of halogens is 1. The molecular weight excluding hydrogens is 459 g/mol. The number of furan rings is 1. The van der Waals surface area contributed by atoms with Crippen molar-refractivity contribution in [3.05, 3.63) is 69.7 Å². The predicted molar refractivity (Wildman–Crippen MR) is 127 cm³/mol. The zero-order chi connectivity index (χ0) is 23.9. The third kappa shape index (κ3) is 5.84. The van der Waals surface area contributed by atoms with Crippen molar-refractivity contribution in [3.63, 3.8) is 0 Å². The molecule has 1 aliphatic rings. The van der Waals surface area contributed by atoms with Crippen LogP contribution in [0.4, 0.5) is 9.39 Å². The van der Waals surface area contributed by atoms with E-state index in [1.807, 2.05) is 0 Å². The number of carbonyl (C=O) groups is 2. The van der Waals surface area contributed by atoms with Crippen molar-refractivity contribution in [2.45, 2.75) is 38.7 Å². The second-order valence-corrected chi connectivity index (χ2v) is 9.09. The van der Waals surface area contributed by atoms with Crippen molar-refractivity contribution in [1.82, 2.24) is 5.32 Å². The molecule has 34 heavy (non-hydrogen) atoms. The van der Waals surface area contributed by atoms with Gasteiger partial charge in [0.2, 0.25) is 0 Å². The monoisotopic (exact) mass is 486 g/mol. The van der Waals surface area contributed by atoms with Crippen molar-refractivity contribution < 1.29 is 27.9 Å². The fourth-order valence-corrected chi connectivity index (χ4v) is 5.11. The minimum absolute atomic E-state index is 0.0986. The minimum atomic E-state index is -0.430. The summed E-state index contributed by atoms with van der Waals surface area (Å²) in [5.74, 6) is 0.113. The smallest absolute Gasteiger partial charge is 0.291 e. The van der Waals surface area contributed by atoms with Gasteiger partial charge in [-0.15, -0.1) is 11.3 Å². The summed E-state index contributed by atoms with van der Waals surface area (Å²) in [4.78, 5) is 27.0. The van der Waals surface area contributed by atoms with Gasteiger partial charge in [-0.3, -0.25) is 9.59 Å². The van der Waals surface area contributed by atoms with Crippen LogP contribution in [0.5, 0.6) is 5.75 Å². The molecule has 7 nitrogen and oxygen atoms in total. The Labute approximate surface area is 201 Å². The van der Waals surface area contributed by atoms with Gasteiger partial charge in [0.25, 0.3) is 11.8 Å². The summed E-state index contributed by atoms with van der Waals surface area (Å²) in [6, 6.07) is 8.88. The van der Waals surface area contributed by atoms with Gasteiger partial charge in [-0.2, -0.15) is 0 Å². The van der Waals surface area contributed by atoms with Crippen LogP contribution in [-0.2, 0) is 24.2 Å². The third-order valence-corrected chi connectivity index (χ3v) is 6.72. The van der Waals surface area contributed by atoms with Gasteiger partial charge in [0.05, 0.1) is 5.56 Å². The number of amides is 2. The number of ether oxygens (including phenoxy) is 2. The van der Waals surface area contributed by atoms with E-state index in [0.29, 0.717) is 41.6 Å². The lowest BCUT2D eigenvalue weighted by Gasteiger charge is -2.13. The first-order valence-electron chi connectivity index (χ1n) is 11.2.